The van der Waals surface area contributed by atoms with E-state index in [0.717, 1.165) is 24.2 Å². The van der Waals surface area contributed by atoms with Crippen molar-refractivity contribution in [3.63, 3.8) is 0 Å². The summed E-state index contributed by atoms with van der Waals surface area (Å²) in [6.07, 6.45) is 3.35. The van der Waals surface area contributed by atoms with Crippen LogP contribution in [0.4, 0.5) is 0 Å². The van der Waals surface area contributed by atoms with Crippen molar-refractivity contribution in [2.24, 2.45) is 5.73 Å². The normalized spacial score (nSPS) is 17.3. The molecule has 0 aliphatic heterocycles. The Kier molecular flexibility index (Phi) is 4.53. The van der Waals surface area contributed by atoms with Crippen LogP contribution in [0.1, 0.15) is 35.6 Å². The van der Waals surface area contributed by atoms with Gasteiger partial charge in [-0.2, -0.15) is 0 Å². The lowest BCUT2D eigenvalue weighted by atomic mass is 9.88. The molecule has 21 heavy (non-hydrogen) atoms. The first-order valence-corrected chi connectivity index (χ1v) is 7.46. The molecule has 0 unspecified atom stereocenters. The zero-order valence-electron chi connectivity index (χ0n) is 12.1. The van der Waals surface area contributed by atoms with Gasteiger partial charge in [0.1, 0.15) is 5.75 Å². The van der Waals surface area contributed by atoms with Crippen molar-refractivity contribution in [3.05, 3.63) is 65.2 Å². The summed E-state index contributed by atoms with van der Waals surface area (Å²) < 4.78 is 11.2. The number of aryl methyl sites for hydroxylation is 1. The first-order valence-electron chi connectivity index (χ1n) is 7.46. The van der Waals surface area contributed by atoms with Crippen LogP contribution in [-0.2, 0) is 17.8 Å². The van der Waals surface area contributed by atoms with E-state index in [4.69, 9.17) is 15.2 Å². The van der Waals surface area contributed by atoms with Crippen molar-refractivity contribution >= 4 is 0 Å². The van der Waals surface area contributed by atoms with Gasteiger partial charge in [0.05, 0.1) is 6.61 Å². The van der Waals surface area contributed by atoms with Gasteiger partial charge in [0.2, 0.25) is 0 Å². The fourth-order valence-electron chi connectivity index (χ4n) is 2.75. The minimum absolute atomic E-state index is 0.141. The molecular formula is C18H21NO2. The summed E-state index contributed by atoms with van der Waals surface area (Å²) in [4.78, 5) is 0. The molecule has 2 aromatic rings. The highest BCUT2D eigenvalue weighted by molar-refractivity contribution is 5.39. The number of fused-ring (bicyclic) bond motifs is 1. The second kappa shape index (κ2) is 6.74. The summed E-state index contributed by atoms with van der Waals surface area (Å²) in [7, 11) is 0. The Morgan fingerprint density at radius 3 is 2.81 bits per heavy atom. The molecular weight excluding hydrogens is 262 g/mol. The van der Waals surface area contributed by atoms with E-state index in [1.165, 1.54) is 17.5 Å². The number of nitrogens with two attached hydrogens (primary N) is 1. The monoisotopic (exact) mass is 283 g/mol. The Hall–Kier alpha value is -1.84. The average Bonchev–Trinajstić information content (AvgIpc) is 2.53. The van der Waals surface area contributed by atoms with Crippen LogP contribution in [-0.4, -0.2) is 6.79 Å². The summed E-state index contributed by atoms with van der Waals surface area (Å²) >= 11 is 0. The molecule has 3 heteroatoms. The van der Waals surface area contributed by atoms with Gasteiger partial charge in [-0.25, -0.2) is 0 Å². The second-order valence-electron chi connectivity index (χ2n) is 5.46. The molecule has 0 spiro atoms. The van der Waals surface area contributed by atoms with E-state index in [0.29, 0.717) is 6.61 Å². The van der Waals surface area contributed by atoms with Crippen LogP contribution < -0.4 is 10.5 Å². The third-order valence-electron chi connectivity index (χ3n) is 3.90. The topological polar surface area (TPSA) is 44.5 Å². The molecule has 0 radical (unpaired) electrons. The lowest BCUT2D eigenvalue weighted by Crippen LogP contribution is -2.17. The molecule has 3 nitrogen and oxygen atoms in total. The van der Waals surface area contributed by atoms with E-state index in [-0.39, 0.29) is 12.8 Å². The van der Waals surface area contributed by atoms with Gasteiger partial charge in [-0.05, 0) is 48.1 Å². The van der Waals surface area contributed by atoms with Gasteiger partial charge < -0.3 is 15.2 Å². The largest absolute Gasteiger partial charge is 0.468 e. The highest BCUT2D eigenvalue weighted by atomic mass is 16.7. The van der Waals surface area contributed by atoms with E-state index >= 15 is 0 Å². The van der Waals surface area contributed by atoms with Crippen LogP contribution in [0.3, 0.4) is 0 Å². The molecule has 0 aromatic heterocycles. The van der Waals surface area contributed by atoms with Crippen molar-refractivity contribution in [2.75, 3.05) is 6.79 Å². The lowest BCUT2D eigenvalue weighted by molar-refractivity contribution is 0.00497. The Morgan fingerprint density at radius 1 is 1.10 bits per heavy atom. The Labute approximate surface area is 125 Å². The minimum atomic E-state index is 0.141. The van der Waals surface area contributed by atoms with Gasteiger partial charge in [0.25, 0.3) is 0 Å². The molecule has 1 atom stereocenters. The summed E-state index contributed by atoms with van der Waals surface area (Å²) in [5.74, 6) is 0.833. The van der Waals surface area contributed by atoms with Crippen molar-refractivity contribution in [2.45, 2.75) is 31.9 Å². The summed E-state index contributed by atoms with van der Waals surface area (Å²) in [6.45, 7) is 0.814. The molecule has 0 heterocycles. The first-order chi connectivity index (χ1) is 10.3. The zero-order chi connectivity index (χ0) is 14.5. The maximum Gasteiger partial charge on any atom is 0.189 e. The molecule has 0 fully saturated rings. The van der Waals surface area contributed by atoms with Crippen LogP contribution in [0.2, 0.25) is 0 Å². The fraction of sp³-hybridized carbons (Fsp3) is 0.333. The number of rotatable bonds is 5. The number of hydrogen-bond donors (Lipinski definition) is 1. The van der Waals surface area contributed by atoms with Crippen molar-refractivity contribution < 1.29 is 9.47 Å². The molecule has 0 bridgehead atoms. The van der Waals surface area contributed by atoms with Crippen molar-refractivity contribution in [3.8, 4) is 5.75 Å². The maximum atomic E-state index is 6.16. The molecule has 1 aliphatic carbocycles. The van der Waals surface area contributed by atoms with E-state index < -0.39 is 0 Å². The van der Waals surface area contributed by atoms with Crippen LogP contribution in [0.5, 0.6) is 5.75 Å². The van der Waals surface area contributed by atoms with Gasteiger partial charge >= 0.3 is 0 Å². The predicted molar refractivity (Wildman–Crippen MR) is 83.0 cm³/mol. The Balaban J connectivity index is 1.53. The first kappa shape index (κ1) is 14.1. The highest BCUT2D eigenvalue weighted by Crippen LogP contribution is 2.30. The van der Waals surface area contributed by atoms with E-state index in [1.807, 2.05) is 36.4 Å². The molecule has 0 saturated heterocycles. The van der Waals surface area contributed by atoms with Gasteiger partial charge in [-0.3, -0.25) is 0 Å². The number of benzene rings is 2. The van der Waals surface area contributed by atoms with E-state index in [1.54, 1.807) is 0 Å². The number of hydrogen-bond acceptors (Lipinski definition) is 3. The third kappa shape index (κ3) is 3.63. The summed E-state index contributed by atoms with van der Waals surface area (Å²) in [6, 6.07) is 16.4. The highest BCUT2D eigenvalue weighted by Gasteiger charge is 2.17. The molecule has 2 aromatic carbocycles. The van der Waals surface area contributed by atoms with E-state index in [9.17, 15) is 0 Å². The minimum Gasteiger partial charge on any atom is -0.468 e. The van der Waals surface area contributed by atoms with Gasteiger partial charge in [-0.1, -0.05) is 36.4 Å². The molecule has 0 amide bonds. The SMILES string of the molecule is N[C@@H]1CCCc2ccc(OCOCc3ccccc3)cc21. The Morgan fingerprint density at radius 2 is 1.95 bits per heavy atom. The Bertz CT molecular complexity index is 583. The van der Waals surface area contributed by atoms with Gasteiger partial charge in [0, 0.05) is 6.04 Å². The summed E-state index contributed by atoms with van der Waals surface area (Å²) in [5.41, 5.74) is 9.88. The zero-order valence-corrected chi connectivity index (χ0v) is 12.1. The van der Waals surface area contributed by atoms with Crippen LogP contribution >= 0.6 is 0 Å². The third-order valence-corrected chi connectivity index (χ3v) is 3.90. The molecule has 3 rings (SSSR count). The van der Waals surface area contributed by atoms with Crippen LogP contribution in [0, 0.1) is 0 Å². The molecule has 1 aliphatic rings. The van der Waals surface area contributed by atoms with Gasteiger partial charge in [0.15, 0.2) is 6.79 Å². The van der Waals surface area contributed by atoms with Gasteiger partial charge in [-0.15, -0.1) is 0 Å². The lowest BCUT2D eigenvalue weighted by Gasteiger charge is -2.22. The average molecular weight is 283 g/mol. The number of ether oxygens (including phenoxy) is 2. The van der Waals surface area contributed by atoms with Crippen molar-refractivity contribution in [1.82, 2.24) is 0 Å². The molecule has 110 valence electrons. The van der Waals surface area contributed by atoms with Crippen molar-refractivity contribution in [1.29, 1.82) is 0 Å². The summed E-state index contributed by atoms with van der Waals surface area (Å²) in [5, 5.41) is 0. The molecule has 0 saturated carbocycles. The molecule has 2 N–H and O–H groups in total. The fourth-order valence-corrected chi connectivity index (χ4v) is 2.75. The predicted octanol–water partition coefficient (Wildman–Crippen LogP) is 3.58. The smallest absolute Gasteiger partial charge is 0.189 e. The van der Waals surface area contributed by atoms with Crippen LogP contribution in [0.15, 0.2) is 48.5 Å². The quantitative estimate of drug-likeness (QED) is 0.674. The second-order valence-corrected chi connectivity index (χ2v) is 5.46. The van der Waals surface area contributed by atoms with Crippen LogP contribution in [0.25, 0.3) is 0 Å². The standard InChI is InChI=1S/C18H21NO2/c19-18-8-4-7-15-9-10-16(11-17(15)18)21-13-20-12-14-5-2-1-3-6-14/h1-3,5-6,9-11,18H,4,7-8,12-13,19H2/t18-/m1/s1. The van der Waals surface area contributed by atoms with E-state index in [2.05, 4.69) is 12.1 Å². The maximum absolute atomic E-state index is 6.16.